The van der Waals surface area contributed by atoms with E-state index in [1.54, 1.807) is 12.1 Å². The fourth-order valence-electron chi connectivity index (χ4n) is 1.92. The highest BCUT2D eigenvalue weighted by Gasteiger charge is 2.17. The Labute approximate surface area is 152 Å². The Kier molecular flexibility index (Phi) is 5.55. The van der Waals surface area contributed by atoms with Crippen molar-refractivity contribution in [2.75, 3.05) is 0 Å². The molecule has 2 rings (SSSR count). The van der Waals surface area contributed by atoms with Crippen molar-refractivity contribution in [1.29, 1.82) is 0 Å². The summed E-state index contributed by atoms with van der Waals surface area (Å²) >= 11 is 11.6. The van der Waals surface area contributed by atoms with Crippen LogP contribution in [0.1, 0.15) is 11.1 Å². The van der Waals surface area contributed by atoms with Gasteiger partial charge in [0, 0.05) is 21.4 Å². The van der Waals surface area contributed by atoms with Crippen molar-refractivity contribution in [3.8, 4) is 0 Å². The summed E-state index contributed by atoms with van der Waals surface area (Å²) in [5.41, 5.74) is 1.16. The molecule has 0 bridgehead atoms. The van der Waals surface area contributed by atoms with Gasteiger partial charge in [0.05, 0.1) is 10.0 Å². The van der Waals surface area contributed by atoms with Crippen LogP contribution in [0.5, 0.6) is 0 Å². The van der Waals surface area contributed by atoms with Gasteiger partial charge in [0.15, 0.2) is 0 Å². The van der Waals surface area contributed by atoms with Crippen molar-refractivity contribution in [3.05, 3.63) is 57.6 Å². The largest absolute Gasteiger partial charge is 0.262 e. The lowest BCUT2D eigenvalue weighted by Gasteiger charge is -2.08. The van der Waals surface area contributed by atoms with E-state index in [4.69, 9.17) is 44.6 Å². The lowest BCUT2D eigenvalue weighted by Crippen LogP contribution is -1.98. The van der Waals surface area contributed by atoms with E-state index in [0.29, 0.717) is 11.1 Å². The standard InChI is InChI=1S/C13H8Cl4O4S2/c14-10-3-1-8(6-12(10)22(16,18)19)5-9-2-4-11(15)13(7-9)23(17,20)21/h1-4,6-7H,5H2. The van der Waals surface area contributed by atoms with Gasteiger partial charge >= 0.3 is 0 Å². The van der Waals surface area contributed by atoms with E-state index < -0.39 is 18.1 Å². The Balaban J connectivity index is 2.45. The summed E-state index contributed by atoms with van der Waals surface area (Å²) in [6.45, 7) is 0. The highest BCUT2D eigenvalue weighted by molar-refractivity contribution is 8.14. The van der Waals surface area contributed by atoms with Crippen molar-refractivity contribution in [2.45, 2.75) is 16.2 Å². The number of rotatable bonds is 4. The molecule has 10 heteroatoms. The maximum absolute atomic E-state index is 11.5. The number of benzene rings is 2. The molecule has 0 saturated heterocycles. The Morgan fingerprint density at radius 3 is 1.35 bits per heavy atom. The minimum absolute atomic E-state index is 0.00359. The molecule has 0 radical (unpaired) electrons. The second-order valence-corrected chi connectivity index (χ2v) is 10.5. The van der Waals surface area contributed by atoms with Crippen LogP contribution in [0, 0.1) is 0 Å². The maximum Gasteiger partial charge on any atom is 0.262 e. The van der Waals surface area contributed by atoms with Gasteiger partial charge in [-0.25, -0.2) is 16.8 Å². The molecule has 0 spiro atoms. The fourth-order valence-corrected chi connectivity index (χ4v) is 4.96. The van der Waals surface area contributed by atoms with E-state index in [1.165, 1.54) is 24.3 Å². The molecule has 4 nitrogen and oxygen atoms in total. The fraction of sp³-hybridized carbons (Fsp3) is 0.0769. The van der Waals surface area contributed by atoms with Crippen LogP contribution in [0.25, 0.3) is 0 Å². The van der Waals surface area contributed by atoms with Gasteiger partial charge in [0.2, 0.25) is 0 Å². The molecular formula is C13H8Cl4O4S2. The molecule has 0 aliphatic heterocycles. The molecular weight excluding hydrogens is 426 g/mol. The minimum Gasteiger partial charge on any atom is -0.207 e. The zero-order valence-corrected chi connectivity index (χ0v) is 15.8. The summed E-state index contributed by atoms with van der Waals surface area (Å²) < 4.78 is 45.8. The van der Waals surface area contributed by atoms with Crippen LogP contribution in [0.4, 0.5) is 0 Å². The average molecular weight is 434 g/mol. The van der Waals surface area contributed by atoms with E-state index in [0.717, 1.165) is 0 Å². The van der Waals surface area contributed by atoms with E-state index in [-0.39, 0.29) is 26.3 Å². The summed E-state index contributed by atoms with van der Waals surface area (Å²) in [5.74, 6) is 0. The van der Waals surface area contributed by atoms with Crippen LogP contribution in [0.15, 0.2) is 46.2 Å². The molecule has 0 unspecified atom stereocenters. The first kappa shape index (κ1) is 18.8. The molecule has 0 atom stereocenters. The SMILES string of the molecule is O=S(=O)(Cl)c1cc(Cc2ccc(Cl)c(S(=O)(=O)Cl)c2)ccc1Cl. The van der Waals surface area contributed by atoms with Crippen LogP contribution < -0.4 is 0 Å². The van der Waals surface area contributed by atoms with Crippen molar-refractivity contribution in [1.82, 2.24) is 0 Å². The molecule has 0 saturated carbocycles. The van der Waals surface area contributed by atoms with Crippen molar-refractivity contribution in [2.24, 2.45) is 0 Å². The van der Waals surface area contributed by atoms with Gasteiger partial charge in [0.25, 0.3) is 18.1 Å². The van der Waals surface area contributed by atoms with Crippen LogP contribution in [0.3, 0.4) is 0 Å². The van der Waals surface area contributed by atoms with Gasteiger partial charge in [0.1, 0.15) is 9.79 Å². The molecule has 23 heavy (non-hydrogen) atoms. The van der Waals surface area contributed by atoms with Crippen molar-refractivity contribution < 1.29 is 16.8 Å². The van der Waals surface area contributed by atoms with Crippen LogP contribution in [-0.2, 0) is 24.5 Å². The third-order valence-corrected chi connectivity index (χ3v) is 6.53. The van der Waals surface area contributed by atoms with Gasteiger partial charge in [-0.05, 0) is 41.8 Å². The molecule has 124 valence electrons. The molecule has 0 aromatic heterocycles. The normalized spacial score (nSPS) is 12.3. The third-order valence-electron chi connectivity index (χ3n) is 2.92. The highest BCUT2D eigenvalue weighted by atomic mass is 35.7. The topological polar surface area (TPSA) is 68.3 Å². The number of hydrogen-bond acceptors (Lipinski definition) is 4. The van der Waals surface area contributed by atoms with Gasteiger partial charge in [-0.3, -0.25) is 0 Å². The van der Waals surface area contributed by atoms with E-state index in [2.05, 4.69) is 0 Å². The van der Waals surface area contributed by atoms with E-state index in [1.807, 2.05) is 0 Å². The average Bonchev–Trinajstić information content (AvgIpc) is 2.40. The lowest BCUT2D eigenvalue weighted by atomic mass is 10.1. The molecule has 0 fully saturated rings. The van der Waals surface area contributed by atoms with E-state index in [9.17, 15) is 16.8 Å². The van der Waals surface area contributed by atoms with Crippen LogP contribution in [0.2, 0.25) is 10.0 Å². The summed E-state index contributed by atoms with van der Waals surface area (Å²) in [6, 6.07) is 8.68. The summed E-state index contributed by atoms with van der Waals surface area (Å²) in [7, 11) is 2.67. The van der Waals surface area contributed by atoms with Crippen molar-refractivity contribution in [3.63, 3.8) is 0 Å². The minimum atomic E-state index is -3.98. The summed E-state index contributed by atoms with van der Waals surface area (Å²) in [4.78, 5) is -0.421. The van der Waals surface area contributed by atoms with Gasteiger partial charge < -0.3 is 0 Å². The zero-order valence-electron chi connectivity index (χ0n) is 11.1. The smallest absolute Gasteiger partial charge is 0.207 e. The first-order valence-corrected chi connectivity index (χ1v) is 11.3. The quantitative estimate of drug-likeness (QED) is 0.668. The predicted molar refractivity (Wildman–Crippen MR) is 91.8 cm³/mol. The molecule has 2 aromatic rings. The van der Waals surface area contributed by atoms with Crippen LogP contribution in [-0.4, -0.2) is 16.8 Å². The third kappa shape index (κ3) is 4.75. The number of halogens is 4. The first-order chi connectivity index (χ1) is 10.5. The second kappa shape index (κ2) is 6.78. The highest BCUT2D eigenvalue weighted by Crippen LogP contribution is 2.29. The first-order valence-electron chi connectivity index (χ1n) is 5.94. The Hall–Kier alpha value is -0.500. The number of hydrogen-bond donors (Lipinski definition) is 0. The van der Waals surface area contributed by atoms with Crippen LogP contribution >= 0.6 is 44.6 Å². The van der Waals surface area contributed by atoms with Gasteiger partial charge in [-0.1, -0.05) is 35.3 Å². The Morgan fingerprint density at radius 2 is 1.04 bits per heavy atom. The molecule has 0 aliphatic carbocycles. The molecule has 2 aromatic carbocycles. The Morgan fingerprint density at radius 1 is 0.696 bits per heavy atom. The van der Waals surface area contributed by atoms with Gasteiger partial charge in [-0.2, -0.15) is 0 Å². The molecule has 0 N–H and O–H groups in total. The molecule has 0 amide bonds. The Bertz CT molecular complexity index is 890. The summed E-state index contributed by atoms with van der Waals surface area (Å²) in [5, 5.41) is 0.00719. The molecule has 0 heterocycles. The van der Waals surface area contributed by atoms with Gasteiger partial charge in [-0.15, -0.1) is 0 Å². The summed E-state index contributed by atoms with van der Waals surface area (Å²) in [6.07, 6.45) is 0.243. The lowest BCUT2D eigenvalue weighted by molar-refractivity contribution is 0.608. The zero-order chi connectivity index (χ0) is 17.4. The maximum atomic E-state index is 11.5. The monoisotopic (exact) mass is 432 g/mol. The molecule has 0 aliphatic rings. The van der Waals surface area contributed by atoms with E-state index >= 15 is 0 Å². The van der Waals surface area contributed by atoms with Crippen molar-refractivity contribution >= 4 is 62.7 Å². The second-order valence-electron chi connectivity index (χ2n) is 4.58. The predicted octanol–water partition coefficient (Wildman–Crippen LogP) is 4.44.